The van der Waals surface area contributed by atoms with Crippen LogP contribution in [0.5, 0.6) is 0 Å². The molecule has 2 saturated carbocycles. The lowest BCUT2D eigenvalue weighted by Crippen LogP contribution is -2.49. The molecule has 5 aliphatic carbocycles. The summed E-state index contributed by atoms with van der Waals surface area (Å²) in [6.07, 6.45) is 11.3. The molecule has 0 nitrogen and oxygen atoms in total. The van der Waals surface area contributed by atoms with Gasteiger partial charge in [0.05, 0.1) is 0 Å². The van der Waals surface area contributed by atoms with Crippen LogP contribution in [0.2, 0.25) is 0 Å². The predicted molar refractivity (Wildman–Crippen MR) is 153 cm³/mol. The smallest absolute Gasteiger partial charge is 0.0279 e. The second-order valence-electron chi connectivity index (χ2n) is 9.52. The first kappa shape index (κ1) is 28.7. The Labute approximate surface area is 213 Å². The highest BCUT2D eigenvalue weighted by Crippen LogP contribution is 2.70. The minimum atomic E-state index is 0. The van der Waals surface area contributed by atoms with Gasteiger partial charge in [0.15, 0.2) is 0 Å². The van der Waals surface area contributed by atoms with Crippen LogP contribution in [-0.2, 0) is 18.3 Å². The molecule has 7 rings (SSSR count). The molecule has 0 amide bonds. The molecular weight excluding hydrogens is 408 g/mol. The quantitative estimate of drug-likeness (QED) is 0.365. The van der Waals surface area contributed by atoms with Gasteiger partial charge in [-0.3, -0.25) is 0 Å². The van der Waals surface area contributed by atoms with Gasteiger partial charge in [0.2, 0.25) is 0 Å². The highest BCUT2D eigenvalue weighted by molar-refractivity contribution is 5.65. The summed E-state index contributed by atoms with van der Waals surface area (Å²) in [7, 11) is 0. The zero-order chi connectivity index (χ0) is 24.2. The molecule has 5 aliphatic rings. The predicted octanol–water partition coefficient (Wildman–Crippen LogP) is 10.5. The van der Waals surface area contributed by atoms with E-state index >= 15 is 0 Å². The summed E-state index contributed by atoms with van der Waals surface area (Å²) in [5.74, 6) is 3.62. The highest BCUT2D eigenvalue weighted by Gasteiger charge is 2.64. The van der Waals surface area contributed by atoms with Crippen molar-refractivity contribution in [1.82, 2.24) is 0 Å². The normalized spacial score (nSPS) is 29.3. The van der Waals surface area contributed by atoms with Crippen LogP contribution < -0.4 is 0 Å². The summed E-state index contributed by atoms with van der Waals surface area (Å²) in [5, 5.41) is 0. The average molecular weight is 463 g/mol. The maximum Gasteiger partial charge on any atom is 0.0279 e. The van der Waals surface area contributed by atoms with E-state index in [9.17, 15) is 0 Å². The minimum absolute atomic E-state index is 0. The zero-order valence-electron chi connectivity index (χ0n) is 22.9. The Balaban J connectivity index is 0.000000416. The summed E-state index contributed by atoms with van der Waals surface area (Å²) in [6, 6.07) is 14.7. The lowest BCUT2D eigenvalue weighted by molar-refractivity contribution is 0.158. The van der Waals surface area contributed by atoms with Gasteiger partial charge >= 0.3 is 0 Å². The number of benzene rings is 2. The van der Waals surface area contributed by atoms with Crippen LogP contribution in [0.1, 0.15) is 141 Å². The average Bonchev–Trinajstić information content (AvgIpc) is 3.63. The monoisotopic (exact) mass is 462 g/mol. The Morgan fingerprint density at radius 1 is 0.618 bits per heavy atom. The SMILES string of the molecule is C.CC.CC.CC.CC.c1cc2c3c(c1)CC1CCCC1C31c3c(cccc3C3CCCC31)C2. The topological polar surface area (TPSA) is 0 Å². The molecule has 0 radical (unpaired) electrons. The van der Waals surface area contributed by atoms with Crippen LogP contribution in [-0.4, -0.2) is 0 Å². The van der Waals surface area contributed by atoms with Crippen molar-refractivity contribution < 1.29 is 0 Å². The first-order valence-electron chi connectivity index (χ1n) is 14.6. The van der Waals surface area contributed by atoms with E-state index < -0.39 is 0 Å². The van der Waals surface area contributed by atoms with Crippen LogP contribution in [0.25, 0.3) is 0 Å². The van der Waals surface area contributed by atoms with Gasteiger partial charge in [0.1, 0.15) is 0 Å². The lowest BCUT2D eigenvalue weighted by Gasteiger charge is -2.52. The maximum absolute atomic E-state index is 2.52. The number of hydrogen-bond acceptors (Lipinski definition) is 0. The lowest BCUT2D eigenvalue weighted by atomic mass is 9.50. The molecule has 0 N–H and O–H groups in total. The van der Waals surface area contributed by atoms with Crippen molar-refractivity contribution in [2.45, 2.75) is 126 Å². The molecule has 0 saturated heterocycles. The van der Waals surface area contributed by atoms with E-state index in [1.54, 1.807) is 22.3 Å². The zero-order valence-corrected chi connectivity index (χ0v) is 22.9. The van der Waals surface area contributed by atoms with Gasteiger partial charge in [0, 0.05) is 5.41 Å². The molecule has 0 bridgehead atoms. The van der Waals surface area contributed by atoms with Gasteiger partial charge < -0.3 is 0 Å². The van der Waals surface area contributed by atoms with Crippen molar-refractivity contribution in [3.8, 4) is 0 Å². The summed E-state index contributed by atoms with van der Waals surface area (Å²) < 4.78 is 0. The van der Waals surface area contributed by atoms with E-state index in [0.717, 1.165) is 23.7 Å². The molecule has 0 heteroatoms. The first-order valence-corrected chi connectivity index (χ1v) is 14.6. The molecule has 190 valence electrons. The number of rotatable bonds is 0. The van der Waals surface area contributed by atoms with Crippen molar-refractivity contribution >= 4 is 0 Å². The van der Waals surface area contributed by atoms with Crippen LogP contribution >= 0.6 is 0 Å². The Kier molecular flexibility index (Phi) is 10.5. The van der Waals surface area contributed by atoms with E-state index in [2.05, 4.69) is 36.4 Å². The van der Waals surface area contributed by atoms with Gasteiger partial charge in [0.25, 0.3) is 0 Å². The van der Waals surface area contributed by atoms with E-state index in [0.29, 0.717) is 5.41 Å². The standard InChI is InChI=1S/C25H26.4C2H6.CH4/c1-6-16-13-15-5-3-11-21(15)25-22-12-4-9-19(22)20-10-2-8-18(24(20)25)14-17(7-1)23(16)25;4*1-2;/h1-2,6-8,10,15,19,21-22H,3-5,9,11-14H2;4*1-2H3;1H4. The minimum Gasteiger partial charge on any atom is -0.0776 e. The molecular formula is C34H54. The Morgan fingerprint density at radius 2 is 1.18 bits per heavy atom. The highest BCUT2D eigenvalue weighted by atomic mass is 14.7. The third-order valence-corrected chi connectivity index (χ3v) is 8.85. The van der Waals surface area contributed by atoms with Gasteiger partial charge in [-0.1, -0.05) is 112 Å². The summed E-state index contributed by atoms with van der Waals surface area (Å²) in [5.41, 5.74) is 11.0. The fourth-order valence-corrected chi connectivity index (χ4v) is 8.47. The van der Waals surface area contributed by atoms with Crippen LogP contribution in [0, 0.1) is 17.8 Å². The van der Waals surface area contributed by atoms with E-state index in [-0.39, 0.29) is 7.43 Å². The Bertz CT molecular complexity index is 906. The van der Waals surface area contributed by atoms with Crippen molar-refractivity contribution in [2.24, 2.45) is 17.8 Å². The van der Waals surface area contributed by atoms with Crippen LogP contribution in [0.4, 0.5) is 0 Å². The van der Waals surface area contributed by atoms with Gasteiger partial charge in [-0.2, -0.15) is 0 Å². The molecule has 1 spiro atoms. The number of fused-ring (bicyclic) bond motifs is 3. The van der Waals surface area contributed by atoms with Crippen molar-refractivity contribution in [2.75, 3.05) is 0 Å². The van der Waals surface area contributed by atoms with Gasteiger partial charge in [-0.05, 0) is 95.6 Å². The molecule has 5 atom stereocenters. The molecule has 2 aromatic rings. The van der Waals surface area contributed by atoms with Crippen molar-refractivity contribution in [3.05, 3.63) is 69.8 Å². The van der Waals surface area contributed by atoms with Crippen LogP contribution in [0.3, 0.4) is 0 Å². The maximum atomic E-state index is 2.52. The third-order valence-electron chi connectivity index (χ3n) is 8.85. The molecule has 34 heavy (non-hydrogen) atoms. The van der Waals surface area contributed by atoms with E-state index in [1.807, 2.05) is 66.5 Å². The fraction of sp³-hybridized carbons (Fsp3) is 0.647. The molecule has 5 unspecified atom stereocenters. The summed E-state index contributed by atoms with van der Waals surface area (Å²) in [6.45, 7) is 16.0. The second-order valence-corrected chi connectivity index (χ2v) is 9.52. The van der Waals surface area contributed by atoms with Crippen molar-refractivity contribution in [1.29, 1.82) is 0 Å². The molecule has 0 aromatic heterocycles. The molecule has 2 fully saturated rings. The van der Waals surface area contributed by atoms with Crippen LogP contribution in [0.15, 0.2) is 36.4 Å². The van der Waals surface area contributed by atoms with Gasteiger partial charge in [-0.25, -0.2) is 0 Å². The van der Waals surface area contributed by atoms with Gasteiger partial charge in [-0.15, -0.1) is 0 Å². The molecule has 2 aromatic carbocycles. The molecule has 0 heterocycles. The summed E-state index contributed by atoms with van der Waals surface area (Å²) >= 11 is 0. The fourth-order valence-electron chi connectivity index (χ4n) is 8.47. The van der Waals surface area contributed by atoms with E-state index in [4.69, 9.17) is 0 Å². The number of hydrogen-bond donors (Lipinski definition) is 0. The van der Waals surface area contributed by atoms with E-state index in [1.165, 1.54) is 51.4 Å². The second kappa shape index (κ2) is 12.4. The third kappa shape index (κ3) is 3.88. The Hall–Kier alpha value is -1.56. The molecule has 0 aliphatic heterocycles. The largest absolute Gasteiger partial charge is 0.0776 e. The summed E-state index contributed by atoms with van der Waals surface area (Å²) in [4.78, 5) is 0. The Morgan fingerprint density at radius 3 is 1.88 bits per heavy atom. The first-order chi connectivity index (χ1) is 16.4. The van der Waals surface area contributed by atoms with Crippen molar-refractivity contribution in [3.63, 3.8) is 0 Å².